The molecule has 1 rings (SSSR count). The molecule has 0 aliphatic heterocycles. The van der Waals surface area contributed by atoms with Gasteiger partial charge in [0.05, 0.1) is 5.69 Å². The van der Waals surface area contributed by atoms with Crippen molar-refractivity contribution >= 4 is 15.7 Å². The minimum Gasteiger partial charge on any atom is -0.398 e. The Labute approximate surface area is 109 Å². The van der Waals surface area contributed by atoms with Crippen LogP contribution in [0.15, 0.2) is 23.4 Å². The zero-order valence-corrected chi connectivity index (χ0v) is 12.1. The average molecular weight is 271 g/mol. The molecule has 0 saturated carbocycles. The second-order valence-electron chi connectivity index (χ2n) is 5.38. The molecule has 3 N–H and O–H groups in total. The van der Waals surface area contributed by atoms with Crippen molar-refractivity contribution in [3.8, 4) is 0 Å². The van der Waals surface area contributed by atoms with Gasteiger partial charge in [0, 0.05) is 18.9 Å². The summed E-state index contributed by atoms with van der Waals surface area (Å²) in [7, 11) is -3.60. The largest absolute Gasteiger partial charge is 0.398 e. The molecule has 18 heavy (non-hydrogen) atoms. The second-order valence-corrected chi connectivity index (χ2v) is 7.12. The minimum atomic E-state index is -3.60. The Bertz CT molecular complexity index is 510. The van der Waals surface area contributed by atoms with Gasteiger partial charge in [-0.25, -0.2) is 13.1 Å². The number of pyridine rings is 1. The molecule has 0 fully saturated rings. The molecule has 0 saturated heterocycles. The molecule has 1 heterocycles. The highest BCUT2D eigenvalue weighted by Gasteiger charge is 2.26. The Hall–Kier alpha value is -1.14. The fourth-order valence-corrected chi connectivity index (χ4v) is 2.47. The van der Waals surface area contributed by atoms with Gasteiger partial charge in [0.1, 0.15) is 4.90 Å². The standard InChI is InChI=1S/C12H21N3O2S/c1-9(2)12(3,4)8-15-18(16,17)11-7-14-6-5-10(11)13/h5-7,9,15H,8H2,1-4H3,(H2,13,14). The van der Waals surface area contributed by atoms with E-state index in [1.807, 2.05) is 13.8 Å². The van der Waals surface area contributed by atoms with Crippen LogP contribution < -0.4 is 10.5 Å². The smallest absolute Gasteiger partial charge is 0.244 e. The van der Waals surface area contributed by atoms with Gasteiger partial charge in [-0.05, 0) is 17.4 Å². The molecule has 0 spiro atoms. The average Bonchev–Trinajstić information content (AvgIpc) is 2.27. The van der Waals surface area contributed by atoms with Crippen molar-refractivity contribution in [1.29, 1.82) is 0 Å². The summed E-state index contributed by atoms with van der Waals surface area (Å²) in [5, 5.41) is 0. The van der Waals surface area contributed by atoms with E-state index in [0.29, 0.717) is 12.5 Å². The Morgan fingerprint density at radius 2 is 2.06 bits per heavy atom. The number of hydrogen-bond acceptors (Lipinski definition) is 4. The van der Waals surface area contributed by atoms with E-state index in [9.17, 15) is 8.42 Å². The first-order valence-corrected chi connectivity index (χ1v) is 7.34. The summed E-state index contributed by atoms with van der Waals surface area (Å²) in [5.41, 5.74) is 5.73. The molecule has 0 bridgehead atoms. The molecular formula is C12H21N3O2S. The van der Waals surface area contributed by atoms with Crippen molar-refractivity contribution in [1.82, 2.24) is 9.71 Å². The zero-order valence-electron chi connectivity index (χ0n) is 11.3. The van der Waals surface area contributed by atoms with Crippen LogP contribution in [-0.4, -0.2) is 19.9 Å². The molecule has 1 aromatic heterocycles. The van der Waals surface area contributed by atoms with Gasteiger partial charge in [-0.15, -0.1) is 0 Å². The molecule has 1 aromatic rings. The van der Waals surface area contributed by atoms with Crippen LogP contribution in [0.3, 0.4) is 0 Å². The van der Waals surface area contributed by atoms with Crippen LogP contribution in [0.25, 0.3) is 0 Å². The van der Waals surface area contributed by atoms with Gasteiger partial charge in [0.25, 0.3) is 0 Å². The number of aromatic nitrogens is 1. The quantitative estimate of drug-likeness (QED) is 0.852. The van der Waals surface area contributed by atoms with Crippen molar-refractivity contribution in [2.24, 2.45) is 11.3 Å². The van der Waals surface area contributed by atoms with Crippen LogP contribution in [0.4, 0.5) is 5.69 Å². The number of nitrogens with two attached hydrogens (primary N) is 1. The van der Waals surface area contributed by atoms with Gasteiger partial charge in [-0.1, -0.05) is 27.7 Å². The zero-order chi connectivity index (χ0) is 14.0. The van der Waals surface area contributed by atoms with Crippen molar-refractivity contribution in [3.63, 3.8) is 0 Å². The summed E-state index contributed by atoms with van der Waals surface area (Å²) < 4.78 is 26.8. The lowest BCUT2D eigenvalue weighted by Gasteiger charge is -2.29. The monoisotopic (exact) mass is 271 g/mol. The maximum atomic E-state index is 12.1. The van der Waals surface area contributed by atoms with E-state index in [0.717, 1.165) is 0 Å². The van der Waals surface area contributed by atoms with E-state index >= 15 is 0 Å². The Morgan fingerprint density at radius 3 is 2.56 bits per heavy atom. The lowest BCUT2D eigenvalue weighted by Crippen LogP contribution is -2.37. The highest BCUT2D eigenvalue weighted by Crippen LogP contribution is 2.26. The highest BCUT2D eigenvalue weighted by atomic mass is 32.2. The lowest BCUT2D eigenvalue weighted by molar-refractivity contribution is 0.252. The Kier molecular flexibility index (Phi) is 4.34. The Morgan fingerprint density at radius 1 is 1.44 bits per heavy atom. The molecule has 0 unspecified atom stereocenters. The number of nitrogens with zero attached hydrogens (tertiary/aromatic N) is 1. The van der Waals surface area contributed by atoms with Gasteiger partial charge in [-0.2, -0.15) is 0 Å². The summed E-state index contributed by atoms with van der Waals surface area (Å²) in [6.45, 7) is 8.53. The van der Waals surface area contributed by atoms with Gasteiger partial charge in [0.15, 0.2) is 0 Å². The van der Waals surface area contributed by atoms with E-state index in [1.165, 1.54) is 18.5 Å². The fraction of sp³-hybridized carbons (Fsp3) is 0.583. The molecule has 102 valence electrons. The molecule has 0 amide bonds. The maximum Gasteiger partial charge on any atom is 0.244 e. The molecule has 5 nitrogen and oxygen atoms in total. The molecule has 0 atom stereocenters. The van der Waals surface area contributed by atoms with Gasteiger partial charge >= 0.3 is 0 Å². The van der Waals surface area contributed by atoms with Crippen LogP contribution in [-0.2, 0) is 10.0 Å². The fourth-order valence-electron chi connectivity index (χ4n) is 1.18. The van der Waals surface area contributed by atoms with Crippen molar-refractivity contribution in [2.75, 3.05) is 12.3 Å². The van der Waals surface area contributed by atoms with Crippen molar-refractivity contribution in [2.45, 2.75) is 32.6 Å². The third kappa shape index (κ3) is 3.43. The highest BCUT2D eigenvalue weighted by molar-refractivity contribution is 7.89. The van der Waals surface area contributed by atoms with E-state index in [1.54, 1.807) is 0 Å². The van der Waals surface area contributed by atoms with E-state index in [4.69, 9.17) is 5.73 Å². The number of sulfonamides is 1. The molecule has 0 aliphatic carbocycles. The van der Waals surface area contributed by atoms with Gasteiger partial charge in [0.2, 0.25) is 10.0 Å². The maximum absolute atomic E-state index is 12.1. The molecule has 0 aliphatic rings. The number of anilines is 1. The lowest BCUT2D eigenvalue weighted by atomic mass is 9.81. The molecule has 0 radical (unpaired) electrons. The Balaban J connectivity index is 2.88. The summed E-state index contributed by atoms with van der Waals surface area (Å²) >= 11 is 0. The molecule has 0 aromatic carbocycles. The van der Waals surface area contributed by atoms with E-state index < -0.39 is 10.0 Å². The third-order valence-corrected chi connectivity index (χ3v) is 4.83. The summed E-state index contributed by atoms with van der Waals surface area (Å²) in [6.07, 6.45) is 2.73. The molecular weight excluding hydrogens is 250 g/mol. The van der Waals surface area contributed by atoms with Crippen LogP contribution in [0.5, 0.6) is 0 Å². The molecule has 6 heteroatoms. The number of rotatable bonds is 5. The van der Waals surface area contributed by atoms with Crippen molar-refractivity contribution in [3.05, 3.63) is 18.5 Å². The number of nitrogens with one attached hydrogen (secondary N) is 1. The summed E-state index contributed by atoms with van der Waals surface area (Å²) in [6, 6.07) is 1.47. The van der Waals surface area contributed by atoms with Gasteiger partial charge < -0.3 is 5.73 Å². The topological polar surface area (TPSA) is 85.1 Å². The minimum absolute atomic E-state index is 0.0320. The summed E-state index contributed by atoms with van der Waals surface area (Å²) in [5.74, 6) is 0.367. The number of hydrogen-bond donors (Lipinski definition) is 2. The first-order chi connectivity index (χ1) is 8.17. The van der Waals surface area contributed by atoms with Crippen LogP contribution in [0, 0.1) is 11.3 Å². The van der Waals surface area contributed by atoms with E-state index in [-0.39, 0.29) is 16.0 Å². The van der Waals surface area contributed by atoms with Gasteiger partial charge in [-0.3, -0.25) is 4.98 Å². The first kappa shape index (κ1) is 14.9. The predicted octanol–water partition coefficient (Wildman–Crippen LogP) is 1.62. The van der Waals surface area contributed by atoms with Crippen LogP contribution in [0.2, 0.25) is 0 Å². The van der Waals surface area contributed by atoms with Crippen LogP contribution in [0.1, 0.15) is 27.7 Å². The second kappa shape index (κ2) is 5.24. The normalized spacial score (nSPS) is 12.9. The first-order valence-electron chi connectivity index (χ1n) is 5.86. The third-order valence-electron chi connectivity index (χ3n) is 3.39. The predicted molar refractivity (Wildman–Crippen MR) is 72.5 cm³/mol. The number of nitrogen functional groups attached to an aromatic ring is 1. The van der Waals surface area contributed by atoms with Crippen molar-refractivity contribution < 1.29 is 8.42 Å². The van der Waals surface area contributed by atoms with E-state index in [2.05, 4.69) is 23.6 Å². The van der Waals surface area contributed by atoms with Crippen LogP contribution >= 0.6 is 0 Å². The summed E-state index contributed by atoms with van der Waals surface area (Å²) in [4.78, 5) is 3.82. The SMILES string of the molecule is CC(C)C(C)(C)CNS(=O)(=O)c1cnccc1N.